The summed E-state index contributed by atoms with van der Waals surface area (Å²) in [6.07, 6.45) is -3.08. The van der Waals surface area contributed by atoms with Crippen molar-refractivity contribution in [2.24, 2.45) is 0 Å². The van der Waals surface area contributed by atoms with Crippen LogP contribution >= 0.6 is 0 Å². The Labute approximate surface area is 101 Å². The molecule has 0 unspecified atom stereocenters. The van der Waals surface area contributed by atoms with Gasteiger partial charge in [0.2, 0.25) is 0 Å². The second kappa shape index (κ2) is 4.36. The fourth-order valence-corrected chi connectivity index (χ4v) is 1.82. The lowest BCUT2D eigenvalue weighted by atomic mass is 10.1. The number of methoxy groups -OCH3 is 1. The topological polar surface area (TPSA) is 42.1 Å². The highest BCUT2D eigenvalue weighted by Gasteiger charge is 2.33. The Morgan fingerprint density at radius 2 is 2.11 bits per heavy atom. The lowest BCUT2D eigenvalue weighted by molar-refractivity contribution is -0.139. The summed E-state index contributed by atoms with van der Waals surface area (Å²) >= 11 is 0. The number of benzene rings is 1. The number of carbonyl (C=O) groups excluding carboxylic acids is 1. The number of aromatic nitrogens is 1. The molecule has 0 bridgehead atoms. The van der Waals surface area contributed by atoms with Crippen LogP contribution in [0.15, 0.2) is 24.4 Å². The van der Waals surface area contributed by atoms with Gasteiger partial charge in [-0.05, 0) is 11.6 Å². The smallest absolute Gasteiger partial charge is 0.418 e. The van der Waals surface area contributed by atoms with Gasteiger partial charge in [-0.2, -0.15) is 13.2 Å². The zero-order valence-corrected chi connectivity index (χ0v) is 9.47. The molecule has 18 heavy (non-hydrogen) atoms. The number of fused-ring (bicyclic) bond motifs is 1. The van der Waals surface area contributed by atoms with E-state index >= 15 is 0 Å². The first-order valence-corrected chi connectivity index (χ1v) is 5.16. The van der Waals surface area contributed by atoms with E-state index in [1.54, 1.807) is 6.07 Å². The van der Waals surface area contributed by atoms with E-state index in [2.05, 4.69) is 9.72 Å². The van der Waals surface area contributed by atoms with E-state index in [0.29, 0.717) is 10.9 Å². The van der Waals surface area contributed by atoms with Crippen molar-refractivity contribution in [2.45, 2.75) is 12.6 Å². The highest BCUT2D eigenvalue weighted by Crippen LogP contribution is 2.35. The molecule has 0 atom stereocenters. The summed E-state index contributed by atoms with van der Waals surface area (Å²) < 4.78 is 42.7. The number of carbonyl (C=O) groups is 1. The van der Waals surface area contributed by atoms with Gasteiger partial charge in [-0.3, -0.25) is 4.79 Å². The van der Waals surface area contributed by atoms with Crippen LogP contribution < -0.4 is 0 Å². The van der Waals surface area contributed by atoms with Crippen LogP contribution in [-0.2, 0) is 22.1 Å². The summed E-state index contributed by atoms with van der Waals surface area (Å²) in [6.45, 7) is 0. The molecule has 6 heteroatoms. The van der Waals surface area contributed by atoms with Crippen LogP contribution in [0.5, 0.6) is 0 Å². The quantitative estimate of drug-likeness (QED) is 0.840. The Bertz CT molecular complexity index is 587. The van der Waals surface area contributed by atoms with Crippen molar-refractivity contribution in [3.63, 3.8) is 0 Å². The van der Waals surface area contributed by atoms with E-state index in [1.165, 1.54) is 19.4 Å². The second-order valence-corrected chi connectivity index (χ2v) is 3.79. The van der Waals surface area contributed by atoms with Crippen LogP contribution in [0, 0.1) is 0 Å². The standard InChI is InChI=1S/C12H10F3NO2/c1-18-10(17)5-7-6-16-11-8(7)3-2-4-9(11)12(13,14)15/h2-4,6,16H,5H2,1H3. The SMILES string of the molecule is COC(=O)Cc1c[nH]c2c(C(F)(F)F)cccc12. The molecule has 0 saturated carbocycles. The lowest BCUT2D eigenvalue weighted by Gasteiger charge is -2.07. The largest absolute Gasteiger partial charge is 0.469 e. The van der Waals surface area contributed by atoms with E-state index in [-0.39, 0.29) is 11.9 Å². The van der Waals surface area contributed by atoms with Crippen molar-refractivity contribution in [3.05, 3.63) is 35.5 Å². The number of esters is 1. The predicted octanol–water partition coefficient (Wildman–Crippen LogP) is 2.90. The zero-order chi connectivity index (χ0) is 13.3. The molecule has 3 nitrogen and oxygen atoms in total. The van der Waals surface area contributed by atoms with Gasteiger partial charge in [0.25, 0.3) is 0 Å². The number of rotatable bonds is 2. The van der Waals surface area contributed by atoms with Crippen LogP contribution in [-0.4, -0.2) is 18.1 Å². The Morgan fingerprint density at radius 1 is 1.39 bits per heavy atom. The minimum absolute atomic E-state index is 0.0103. The molecule has 1 aromatic carbocycles. The zero-order valence-electron chi connectivity index (χ0n) is 9.47. The number of H-pyrrole nitrogens is 1. The number of para-hydroxylation sites is 1. The highest BCUT2D eigenvalue weighted by atomic mass is 19.4. The molecule has 1 heterocycles. The number of hydrogen-bond acceptors (Lipinski definition) is 2. The molecule has 0 amide bonds. The third kappa shape index (κ3) is 2.18. The number of aromatic amines is 1. The summed E-state index contributed by atoms with van der Waals surface area (Å²) in [5.74, 6) is -0.492. The molecular formula is C12H10F3NO2. The van der Waals surface area contributed by atoms with Crippen LogP contribution in [0.25, 0.3) is 10.9 Å². The van der Waals surface area contributed by atoms with Gasteiger partial charge < -0.3 is 9.72 Å². The Hall–Kier alpha value is -1.98. The Balaban J connectivity index is 2.52. The fraction of sp³-hybridized carbons (Fsp3) is 0.250. The molecule has 2 aromatic rings. The Morgan fingerprint density at radius 3 is 2.72 bits per heavy atom. The van der Waals surface area contributed by atoms with Crippen molar-refractivity contribution < 1.29 is 22.7 Å². The normalized spacial score (nSPS) is 11.8. The molecule has 0 saturated heterocycles. The van der Waals surface area contributed by atoms with Gasteiger partial charge in [-0.1, -0.05) is 12.1 Å². The number of hydrogen-bond donors (Lipinski definition) is 1. The molecule has 96 valence electrons. The number of alkyl halides is 3. The van der Waals surface area contributed by atoms with Crippen LogP contribution in [0.4, 0.5) is 13.2 Å². The van der Waals surface area contributed by atoms with E-state index in [9.17, 15) is 18.0 Å². The van der Waals surface area contributed by atoms with Gasteiger partial charge in [0.1, 0.15) is 0 Å². The number of halogens is 3. The average Bonchev–Trinajstić information content (AvgIpc) is 2.71. The summed E-state index contributed by atoms with van der Waals surface area (Å²) in [4.78, 5) is 13.7. The minimum Gasteiger partial charge on any atom is -0.469 e. The molecule has 0 spiro atoms. The van der Waals surface area contributed by atoms with Gasteiger partial charge in [-0.15, -0.1) is 0 Å². The van der Waals surface area contributed by atoms with Crippen molar-refractivity contribution in [1.82, 2.24) is 4.98 Å². The summed E-state index contributed by atoms with van der Waals surface area (Å²) in [5, 5.41) is 0.384. The van der Waals surface area contributed by atoms with Gasteiger partial charge >= 0.3 is 12.1 Å². The maximum atomic E-state index is 12.7. The van der Waals surface area contributed by atoms with Crippen molar-refractivity contribution in [1.29, 1.82) is 0 Å². The molecule has 0 radical (unpaired) electrons. The molecule has 1 aromatic heterocycles. The molecule has 0 aliphatic rings. The minimum atomic E-state index is -4.42. The maximum absolute atomic E-state index is 12.7. The maximum Gasteiger partial charge on any atom is 0.418 e. The summed E-state index contributed by atoms with van der Waals surface area (Å²) in [6, 6.07) is 3.86. The monoisotopic (exact) mass is 257 g/mol. The summed E-state index contributed by atoms with van der Waals surface area (Å²) in [5.41, 5.74) is -0.261. The second-order valence-electron chi connectivity index (χ2n) is 3.79. The molecule has 0 aliphatic heterocycles. The molecular weight excluding hydrogens is 247 g/mol. The van der Waals surface area contributed by atoms with Gasteiger partial charge in [0.05, 0.1) is 24.6 Å². The highest BCUT2D eigenvalue weighted by molar-refractivity contribution is 5.89. The first kappa shape index (κ1) is 12.5. The van der Waals surface area contributed by atoms with Crippen molar-refractivity contribution in [2.75, 3.05) is 7.11 Å². The lowest BCUT2D eigenvalue weighted by Crippen LogP contribution is -2.06. The van der Waals surface area contributed by atoms with E-state index in [0.717, 1.165) is 6.07 Å². The van der Waals surface area contributed by atoms with Crippen LogP contribution in [0.2, 0.25) is 0 Å². The molecule has 2 rings (SSSR count). The van der Waals surface area contributed by atoms with Gasteiger partial charge in [0, 0.05) is 11.6 Å². The first-order chi connectivity index (χ1) is 8.43. The average molecular weight is 257 g/mol. The fourth-order valence-electron chi connectivity index (χ4n) is 1.82. The van der Waals surface area contributed by atoms with Crippen molar-refractivity contribution >= 4 is 16.9 Å². The predicted molar refractivity (Wildman–Crippen MR) is 59.0 cm³/mol. The third-order valence-corrected chi connectivity index (χ3v) is 2.67. The molecule has 0 aliphatic carbocycles. The van der Waals surface area contributed by atoms with E-state index in [4.69, 9.17) is 0 Å². The van der Waals surface area contributed by atoms with E-state index in [1.807, 2.05) is 0 Å². The number of nitrogens with one attached hydrogen (secondary N) is 1. The van der Waals surface area contributed by atoms with Crippen LogP contribution in [0.1, 0.15) is 11.1 Å². The first-order valence-electron chi connectivity index (χ1n) is 5.16. The van der Waals surface area contributed by atoms with Crippen molar-refractivity contribution in [3.8, 4) is 0 Å². The van der Waals surface area contributed by atoms with Crippen LogP contribution in [0.3, 0.4) is 0 Å². The van der Waals surface area contributed by atoms with E-state index < -0.39 is 17.7 Å². The Kier molecular flexibility index (Phi) is 3.02. The molecule has 1 N–H and O–H groups in total. The third-order valence-electron chi connectivity index (χ3n) is 2.67. The van der Waals surface area contributed by atoms with Gasteiger partial charge in [-0.25, -0.2) is 0 Å². The van der Waals surface area contributed by atoms with Gasteiger partial charge in [0.15, 0.2) is 0 Å². The number of ether oxygens (including phenoxy) is 1. The summed E-state index contributed by atoms with van der Waals surface area (Å²) in [7, 11) is 1.23. The molecule has 0 fully saturated rings.